The monoisotopic (exact) mass is 242 g/mol. The van der Waals surface area contributed by atoms with E-state index in [1.807, 2.05) is 6.07 Å². The molecule has 94 valence electrons. The number of benzene rings is 1. The van der Waals surface area contributed by atoms with E-state index in [9.17, 15) is 0 Å². The van der Waals surface area contributed by atoms with Gasteiger partial charge in [0.1, 0.15) is 0 Å². The third kappa shape index (κ3) is 1.77. The van der Waals surface area contributed by atoms with Gasteiger partial charge in [0.05, 0.1) is 11.0 Å². The summed E-state index contributed by atoms with van der Waals surface area (Å²) in [6.07, 6.45) is 2.81. The Morgan fingerprint density at radius 1 is 1.06 bits per heavy atom. The average molecular weight is 242 g/mol. The van der Waals surface area contributed by atoms with Crippen molar-refractivity contribution in [2.45, 2.75) is 18.9 Å². The van der Waals surface area contributed by atoms with Crippen LogP contribution in [0.5, 0.6) is 0 Å². The summed E-state index contributed by atoms with van der Waals surface area (Å²) >= 11 is 0. The van der Waals surface area contributed by atoms with Crippen molar-refractivity contribution in [3.05, 3.63) is 24.3 Å². The quantitative estimate of drug-likeness (QED) is 0.873. The molecule has 2 heterocycles. The van der Waals surface area contributed by atoms with Crippen molar-refractivity contribution in [3.63, 3.8) is 0 Å². The number of hydrogen-bond donors (Lipinski definition) is 1. The fourth-order valence-electron chi connectivity index (χ4n) is 2.83. The molecule has 1 saturated heterocycles. The number of nitrogens with one attached hydrogen (secondary N) is 1. The molecule has 1 aromatic heterocycles. The molecular formula is C14H18N4. The largest absolute Gasteiger partial charge is 0.340 e. The highest BCUT2D eigenvalue weighted by molar-refractivity contribution is 5.77. The van der Waals surface area contributed by atoms with E-state index >= 15 is 0 Å². The van der Waals surface area contributed by atoms with Crippen molar-refractivity contribution in [1.29, 1.82) is 0 Å². The lowest BCUT2D eigenvalue weighted by Crippen LogP contribution is -2.47. The van der Waals surface area contributed by atoms with Crippen LogP contribution < -0.4 is 4.90 Å². The van der Waals surface area contributed by atoms with Crippen LogP contribution in [0.3, 0.4) is 0 Å². The molecule has 1 saturated carbocycles. The van der Waals surface area contributed by atoms with Crippen LogP contribution >= 0.6 is 0 Å². The highest BCUT2D eigenvalue weighted by Gasteiger charge is 2.31. The highest BCUT2D eigenvalue weighted by atomic mass is 15.3. The van der Waals surface area contributed by atoms with Crippen molar-refractivity contribution >= 4 is 17.0 Å². The van der Waals surface area contributed by atoms with Gasteiger partial charge in [0.15, 0.2) is 0 Å². The predicted molar refractivity (Wildman–Crippen MR) is 72.9 cm³/mol. The van der Waals surface area contributed by atoms with Gasteiger partial charge >= 0.3 is 0 Å². The first-order valence-corrected chi connectivity index (χ1v) is 6.84. The van der Waals surface area contributed by atoms with E-state index in [4.69, 9.17) is 0 Å². The van der Waals surface area contributed by atoms with Crippen LogP contribution in [0.1, 0.15) is 12.8 Å². The summed E-state index contributed by atoms with van der Waals surface area (Å²) in [6.45, 7) is 4.55. The van der Waals surface area contributed by atoms with Crippen LogP contribution in [-0.4, -0.2) is 47.1 Å². The summed E-state index contributed by atoms with van der Waals surface area (Å²) in [5, 5.41) is 0. The fraction of sp³-hybridized carbons (Fsp3) is 0.500. The molecule has 1 aliphatic carbocycles. The molecule has 4 heteroatoms. The molecule has 0 bridgehead atoms. The van der Waals surface area contributed by atoms with Gasteiger partial charge in [-0.05, 0) is 25.0 Å². The average Bonchev–Trinajstić information content (AvgIpc) is 3.18. The Morgan fingerprint density at radius 3 is 2.56 bits per heavy atom. The molecule has 0 radical (unpaired) electrons. The summed E-state index contributed by atoms with van der Waals surface area (Å²) in [4.78, 5) is 13.1. The molecule has 2 aromatic rings. The van der Waals surface area contributed by atoms with Crippen molar-refractivity contribution in [1.82, 2.24) is 14.9 Å². The molecule has 2 aliphatic rings. The second kappa shape index (κ2) is 3.99. The summed E-state index contributed by atoms with van der Waals surface area (Å²) in [5.74, 6) is 1.03. The molecule has 1 aliphatic heterocycles. The Bertz CT molecular complexity index is 517. The summed E-state index contributed by atoms with van der Waals surface area (Å²) in [6, 6.07) is 9.14. The zero-order valence-electron chi connectivity index (χ0n) is 10.5. The Balaban J connectivity index is 1.52. The Hall–Kier alpha value is -1.55. The molecule has 0 atom stereocenters. The van der Waals surface area contributed by atoms with Gasteiger partial charge in [-0.1, -0.05) is 12.1 Å². The van der Waals surface area contributed by atoms with Crippen LogP contribution in [0.25, 0.3) is 11.0 Å². The minimum atomic E-state index is 0.892. The first kappa shape index (κ1) is 10.4. The molecule has 0 spiro atoms. The van der Waals surface area contributed by atoms with Gasteiger partial charge in [-0.3, -0.25) is 4.90 Å². The molecule has 0 amide bonds. The van der Waals surface area contributed by atoms with Gasteiger partial charge in [-0.15, -0.1) is 0 Å². The third-order valence-electron chi connectivity index (χ3n) is 4.05. The third-order valence-corrected chi connectivity index (χ3v) is 4.05. The number of aromatic amines is 1. The maximum atomic E-state index is 4.67. The van der Waals surface area contributed by atoms with Crippen molar-refractivity contribution in [2.75, 3.05) is 31.1 Å². The number of imidazole rings is 1. The van der Waals surface area contributed by atoms with Gasteiger partial charge in [0.2, 0.25) is 5.95 Å². The molecule has 1 N–H and O–H groups in total. The zero-order valence-corrected chi connectivity index (χ0v) is 10.5. The Kier molecular flexibility index (Phi) is 2.30. The standard InChI is InChI=1S/C14H18N4/c1-2-4-13-12(3-1)15-14(16-13)18-9-7-17(8-10-18)11-5-6-11/h1-4,11H,5-10H2,(H,15,16). The van der Waals surface area contributed by atoms with Gasteiger partial charge < -0.3 is 9.88 Å². The van der Waals surface area contributed by atoms with E-state index < -0.39 is 0 Å². The number of anilines is 1. The van der Waals surface area contributed by atoms with Gasteiger partial charge in [0, 0.05) is 32.2 Å². The lowest BCUT2D eigenvalue weighted by Gasteiger charge is -2.34. The van der Waals surface area contributed by atoms with E-state index in [1.54, 1.807) is 0 Å². The summed E-state index contributed by atoms with van der Waals surface area (Å²) in [7, 11) is 0. The van der Waals surface area contributed by atoms with Crippen LogP contribution in [0, 0.1) is 0 Å². The Labute approximate surface area is 107 Å². The number of aromatic nitrogens is 2. The van der Waals surface area contributed by atoms with Crippen molar-refractivity contribution in [2.24, 2.45) is 0 Å². The van der Waals surface area contributed by atoms with E-state index in [0.717, 1.165) is 36.1 Å². The van der Waals surface area contributed by atoms with Crippen molar-refractivity contribution in [3.8, 4) is 0 Å². The van der Waals surface area contributed by atoms with E-state index in [0.29, 0.717) is 0 Å². The minimum Gasteiger partial charge on any atom is -0.340 e. The summed E-state index contributed by atoms with van der Waals surface area (Å²) < 4.78 is 0. The first-order valence-electron chi connectivity index (χ1n) is 6.84. The number of piperazine rings is 1. The Morgan fingerprint density at radius 2 is 1.83 bits per heavy atom. The van der Waals surface area contributed by atoms with Crippen LogP contribution in [-0.2, 0) is 0 Å². The lowest BCUT2D eigenvalue weighted by molar-refractivity contribution is 0.247. The number of para-hydroxylation sites is 2. The number of rotatable bonds is 2. The molecule has 18 heavy (non-hydrogen) atoms. The van der Waals surface area contributed by atoms with Crippen LogP contribution in [0.4, 0.5) is 5.95 Å². The number of fused-ring (bicyclic) bond motifs is 1. The van der Waals surface area contributed by atoms with E-state index in [1.165, 1.54) is 25.9 Å². The lowest BCUT2D eigenvalue weighted by atomic mass is 10.3. The van der Waals surface area contributed by atoms with Gasteiger partial charge in [-0.25, -0.2) is 4.98 Å². The molecule has 2 fully saturated rings. The van der Waals surface area contributed by atoms with Gasteiger partial charge in [-0.2, -0.15) is 0 Å². The predicted octanol–water partition coefficient (Wildman–Crippen LogP) is 1.85. The minimum absolute atomic E-state index is 0.892. The molecule has 4 rings (SSSR count). The van der Waals surface area contributed by atoms with Gasteiger partial charge in [0.25, 0.3) is 0 Å². The smallest absolute Gasteiger partial charge is 0.203 e. The first-order chi connectivity index (χ1) is 8.90. The van der Waals surface area contributed by atoms with Crippen LogP contribution in [0.15, 0.2) is 24.3 Å². The number of nitrogens with zero attached hydrogens (tertiary/aromatic N) is 3. The zero-order chi connectivity index (χ0) is 11.9. The number of hydrogen-bond acceptors (Lipinski definition) is 3. The second-order valence-corrected chi connectivity index (χ2v) is 5.33. The van der Waals surface area contributed by atoms with Crippen molar-refractivity contribution < 1.29 is 0 Å². The molecule has 0 unspecified atom stereocenters. The highest BCUT2D eigenvalue weighted by Crippen LogP contribution is 2.28. The molecule has 1 aromatic carbocycles. The topological polar surface area (TPSA) is 35.2 Å². The van der Waals surface area contributed by atoms with E-state index in [-0.39, 0.29) is 0 Å². The van der Waals surface area contributed by atoms with Crippen LogP contribution in [0.2, 0.25) is 0 Å². The molecular weight excluding hydrogens is 224 g/mol. The SMILES string of the molecule is c1ccc2[nH]c(N3CCN(C4CC4)CC3)nc2c1. The maximum absolute atomic E-state index is 4.67. The molecule has 4 nitrogen and oxygen atoms in total. The summed E-state index contributed by atoms with van der Waals surface area (Å²) in [5.41, 5.74) is 2.20. The normalized spacial score (nSPS) is 21.7. The van der Waals surface area contributed by atoms with E-state index in [2.05, 4.69) is 38.0 Å². The second-order valence-electron chi connectivity index (χ2n) is 5.33. The maximum Gasteiger partial charge on any atom is 0.203 e. The fourth-order valence-corrected chi connectivity index (χ4v) is 2.83. The number of H-pyrrole nitrogens is 1.